The molecule has 0 saturated carbocycles. The molecule has 1 fully saturated rings. The monoisotopic (exact) mass is 374 g/mol. The van der Waals surface area contributed by atoms with Crippen molar-refractivity contribution in [1.29, 1.82) is 0 Å². The molecule has 1 saturated heterocycles. The lowest BCUT2D eigenvalue weighted by Crippen LogP contribution is -2.39. The van der Waals surface area contributed by atoms with Crippen LogP contribution in [0.1, 0.15) is 18.4 Å². The van der Waals surface area contributed by atoms with Crippen molar-refractivity contribution in [2.24, 2.45) is 0 Å². The van der Waals surface area contributed by atoms with Crippen LogP contribution in [-0.2, 0) is 4.79 Å². The first kappa shape index (κ1) is 18.1. The van der Waals surface area contributed by atoms with E-state index in [2.05, 4.69) is 50.0 Å². The van der Waals surface area contributed by atoms with E-state index in [1.165, 1.54) is 11.9 Å². The van der Waals surface area contributed by atoms with Crippen molar-refractivity contribution in [2.45, 2.75) is 18.9 Å². The van der Waals surface area contributed by atoms with Gasteiger partial charge in [-0.05, 0) is 53.6 Å². The van der Waals surface area contributed by atoms with Gasteiger partial charge < -0.3 is 5.32 Å². The zero-order chi connectivity index (χ0) is 19.2. The van der Waals surface area contributed by atoms with Gasteiger partial charge in [0.1, 0.15) is 6.33 Å². The number of amides is 1. The molecule has 142 valence electrons. The van der Waals surface area contributed by atoms with E-state index in [0.29, 0.717) is 0 Å². The van der Waals surface area contributed by atoms with Crippen LogP contribution in [0.3, 0.4) is 0 Å². The maximum atomic E-state index is 12.8. The van der Waals surface area contributed by atoms with Crippen molar-refractivity contribution >= 4 is 17.7 Å². The first-order valence-corrected chi connectivity index (χ1v) is 9.39. The fourth-order valence-corrected chi connectivity index (χ4v) is 3.46. The predicted octanol–water partition coefficient (Wildman–Crippen LogP) is 2.78. The average Bonchev–Trinajstić information content (AvgIpc) is 3.41. The molecule has 1 amide bonds. The number of nitrogens with one attached hydrogen (secondary N) is 1. The highest BCUT2D eigenvalue weighted by Crippen LogP contribution is 2.20. The molecule has 2 heterocycles. The second-order valence-corrected chi connectivity index (χ2v) is 6.76. The number of rotatable bonds is 6. The first-order chi connectivity index (χ1) is 13.8. The average molecular weight is 374 g/mol. The van der Waals surface area contributed by atoms with Crippen molar-refractivity contribution in [1.82, 2.24) is 25.1 Å². The number of nitrogens with zero attached hydrogens (tertiary/aromatic N) is 5. The Bertz CT molecular complexity index is 939. The quantitative estimate of drug-likeness (QED) is 0.718. The van der Waals surface area contributed by atoms with Crippen LogP contribution in [0.4, 0.5) is 5.69 Å². The van der Waals surface area contributed by atoms with Gasteiger partial charge in [-0.25, -0.2) is 4.68 Å². The third-order valence-corrected chi connectivity index (χ3v) is 4.84. The molecule has 0 radical (unpaired) electrons. The van der Waals surface area contributed by atoms with Crippen LogP contribution < -0.4 is 5.32 Å². The van der Waals surface area contributed by atoms with E-state index in [4.69, 9.17) is 0 Å². The highest BCUT2D eigenvalue weighted by atomic mass is 16.2. The van der Waals surface area contributed by atoms with Gasteiger partial charge in [0.05, 0.1) is 11.7 Å². The van der Waals surface area contributed by atoms with Crippen LogP contribution in [0.15, 0.2) is 67.0 Å². The summed E-state index contributed by atoms with van der Waals surface area (Å²) in [5.74, 6) is 0.0273. The number of benzene rings is 2. The van der Waals surface area contributed by atoms with E-state index in [1.807, 2.05) is 42.5 Å². The summed E-state index contributed by atoms with van der Waals surface area (Å²) < 4.78 is 1.56. The third-order valence-electron chi connectivity index (χ3n) is 4.84. The van der Waals surface area contributed by atoms with Crippen molar-refractivity contribution in [2.75, 3.05) is 18.4 Å². The largest absolute Gasteiger partial charge is 0.325 e. The maximum Gasteiger partial charge on any atom is 0.241 e. The number of aromatic nitrogens is 4. The summed E-state index contributed by atoms with van der Waals surface area (Å²) in [4.78, 5) is 15.1. The highest BCUT2D eigenvalue weighted by molar-refractivity contribution is 5.95. The van der Waals surface area contributed by atoms with Gasteiger partial charge in [0.2, 0.25) is 5.91 Å². The smallest absolute Gasteiger partial charge is 0.241 e. The number of anilines is 1. The van der Waals surface area contributed by atoms with Crippen LogP contribution in [0.25, 0.3) is 11.8 Å². The van der Waals surface area contributed by atoms with Crippen LogP contribution in [0, 0.1) is 0 Å². The summed E-state index contributed by atoms with van der Waals surface area (Å²) in [5, 5.41) is 14.2. The Hall–Kier alpha value is -3.32. The molecule has 0 spiro atoms. The lowest BCUT2D eigenvalue weighted by Gasteiger charge is -2.22. The molecule has 1 unspecified atom stereocenters. The molecule has 0 aliphatic carbocycles. The number of carbonyl (C=O) groups excluding carboxylic acids is 1. The lowest BCUT2D eigenvalue weighted by molar-refractivity contribution is -0.120. The molecule has 7 nitrogen and oxygen atoms in total. The van der Waals surface area contributed by atoms with Gasteiger partial charge >= 0.3 is 0 Å². The Morgan fingerprint density at radius 3 is 2.89 bits per heavy atom. The van der Waals surface area contributed by atoms with Gasteiger partial charge in [0.15, 0.2) is 0 Å². The number of hydrogen-bond acceptors (Lipinski definition) is 5. The van der Waals surface area contributed by atoms with Crippen LogP contribution in [0.2, 0.25) is 0 Å². The standard InChI is InChI=1S/C21H22N6O/c28-21(23-18-10-4-11-19(15-18)27-16-22-24-25-27)20-12-6-14-26(20)13-5-9-17-7-2-1-3-8-17/h1-5,7-11,15-16,20H,6,12-14H2,(H,23,28). The van der Waals surface area contributed by atoms with Crippen molar-refractivity contribution in [3.8, 4) is 5.69 Å². The Morgan fingerprint density at radius 2 is 2.07 bits per heavy atom. The van der Waals surface area contributed by atoms with Crippen molar-refractivity contribution in [3.63, 3.8) is 0 Å². The van der Waals surface area contributed by atoms with Crippen LogP contribution >= 0.6 is 0 Å². The minimum absolute atomic E-state index is 0.0273. The third kappa shape index (κ3) is 4.32. The molecule has 7 heteroatoms. The van der Waals surface area contributed by atoms with Crippen molar-refractivity contribution in [3.05, 3.63) is 72.6 Å². The summed E-state index contributed by atoms with van der Waals surface area (Å²) in [6.07, 6.45) is 7.65. The van der Waals surface area contributed by atoms with Crippen molar-refractivity contribution < 1.29 is 4.79 Å². The van der Waals surface area contributed by atoms with E-state index in [0.717, 1.165) is 37.3 Å². The first-order valence-electron chi connectivity index (χ1n) is 9.39. The van der Waals surface area contributed by atoms with Crippen LogP contribution in [0.5, 0.6) is 0 Å². The van der Waals surface area contributed by atoms with Gasteiger partial charge in [-0.3, -0.25) is 9.69 Å². The van der Waals surface area contributed by atoms with E-state index in [-0.39, 0.29) is 11.9 Å². The molecule has 28 heavy (non-hydrogen) atoms. The lowest BCUT2D eigenvalue weighted by atomic mass is 10.2. The molecule has 1 aliphatic rings. The van der Waals surface area contributed by atoms with Gasteiger partial charge in [-0.15, -0.1) is 5.10 Å². The van der Waals surface area contributed by atoms with Gasteiger partial charge in [0.25, 0.3) is 0 Å². The highest BCUT2D eigenvalue weighted by Gasteiger charge is 2.29. The van der Waals surface area contributed by atoms with E-state index < -0.39 is 0 Å². The van der Waals surface area contributed by atoms with Gasteiger partial charge in [0, 0.05) is 12.2 Å². The predicted molar refractivity (Wildman–Crippen MR) is 108 cm³/mol. The molecule has 1 aromatic heterocycles. The van der Waals surface area contributed by atoms with E-state index >= 15 is 0 Å². The molecule has 3 aromatic rings. The summed E-state index contributed by atoms with van der Waals surface area (Å²) in [6.45, 7) is 1.69. The SMILES string of the molecule is O=C(Nc1cccc(-n2cnnn2)c1)C1CCCN1CC=Cc1ccccc1. The molecule has 1 N–H and O–H groups in total. The summed E-state index contributed by atoms with van der Waals surface area (Å²) >= 11 is 0. The van der Waals surface area contributed by atoms with E-state index in [9.17, 15) is 4.79 Å². The van der Waals surface area contributed by atoms with Gasteiger partial charge in [-0.2, -0.15) is 0 Å². The Kier molecular flexibility index (Phi) is 5.53. The molecular weight excluding hydrogens is 352 g/mol. The molecule has 1 aliphatic heterocycles. The molecular formula is C21H22N6O. The number of carbonyl (C=O) groups is 1. The zero-order valence-corrected chi connectivity index (χ0v) is 15.5. The number of hydrogen-bond donors (Lipinski definition) is 1. The molecule has 2 aromatic carbocycles. The number of tetrazole rings is 1. The Balaban J connectivity index is 1.38. The number of likely N-dealkylation sites (tertiary alicyclic amines) is 1. The molecule has 0 bridgehead atoms. The molecule has 1 atom stereocenters. The minimum Gasteiger partial charge on any atom is -0.325 e. The van der Waals surface area contributed by atoms with Gasteiger partial charge in [-0.1, -0.05) is 48.6 Å². The molecule has 4 rings (SSSR count). The Labute approximate surface area is 163 Å². The second-order valence-electron chi connectivity index (χ2n) is 6.76. The summed E-state index contributed by atoms with van der Waals surface area (Å²) in [7, 11) is 0. The summed E-state index contributed by atoms with van der Waals surface area (Å²) in [6, 6.07) is 17.6. The topological polar surface area (TPSA) is 75.9 Å². The second kappa shape index (κ2) is 8.58. The maximum absolute atomic E-state index is 12.8. The van der Waals surface area contributed by atoms with E-state index in [1.54, 1.807) is 4.68 Å². The normalized spacial score (nSPS) is 17.2. The fourth-order valence-electron chi connectivity index (χ4n) is 3.46. The minimum atomic E-state index is -0.114. The Morgan fingerprint density at radius 1 is 1.18 bits per heavy atom. The fraction of sp³-hybridized carbons (Fsp3) is 0.238. The zero-order valence-electron chi connectivity index (χ0n) is 15.5. The summed E-state index contributed by atoms with van der Waals surface area (Å²) in [5.41, 5.74) is 2.71. The van der Waals surface area contributed by atoms with Crippen LogP contribution in [-0.4, -0.2) is 50.1 Å².